The molecule has 11 aromatic rings. The molecule has 6 aromatic carbocycles. The molecular formula is C91H109F9N18. The number of nitriles is 1. The van der Waals surface area contributed by atoms with Gasteiger partial charge in [0.2, 0.25) is 0 Å². The van der Waals surface area contributed by atoms with Crippen LogP contribution in [-0.2, 0) is 84.9 Å². The van der Waals surface area contributed by atoms with Crippen LogP contribution < -0.4 is 19.6 Å². The number of tetrazole rings is 2. The molecule has 5 aromatic heterocycles. The fourth-order valence-corrected chi connectivity index (χ4v) is 16.7. The van der Waals surface area contributed by atoms with Gasteiger partial charge in [-0.3, -0.25) is 9.80 Å². The second-order valence-electron chi connectivity index (χ2n) is 32.5. The van der Waals surface area contributed by atoms with E-state index >= 15 is 0 Å². The van der Waals surface area contributed by atoms with Crippen LogP contribution in [0.15, 0.2) is 140 Å². The first-order valence-corrected chi connectivity index (χ1v) is 41.1. The average Bonchev–Trinajstić information content (AvgIpc) is 1.29. The second-order valence-corrected chi connectivity index (χ2v) is 32.5. The highest BCUT2D eigenvalue weighted by Crippen LogP contribution is 2.41. The van der Waals surface area contributed by atoms with Gasteiger partial charge >= 0.3 is 18.5 Å². The van der Waals surface area contributed by atoms with Gasteiger partial charge in [-0.05, 0) is 221 Å². The summed E-state index contributed by atoms with van der Waals surface area (Å²) in [6.07, 6.45) is 2.66. The topological polar surface area (TPSA) is 169 Å². The number of para-hydroxylation sites is 3. The van der Waals surface area contributed by atoms with Crippen molar-refractivity contribution in [2.75, 3.05) is 65.4 Å². The van der Waals surface area contributed by atoms with Crippen LogP contribution in [0.3, 0.4) is 0 Å². The summed E-state index contributed by atoms with van der Waals surface area (Å²) >= 11 is 0. The number of nitrogens with zero attached hydrogens (tertiary/aromatic N) is 18. The number of fused-ring (bicyclic) bond motifs is 3. The van der Waals surface area contributed by atoms with Crippen LogP contribution in [0.4, 0.5) is 62.9 Å². The van der Waals surface area contributed by atoms with Gasteiger partial charge < -0.3 is 19.6 Å². The number of halogens is 9. The van der Waals surface area contributed by atoms with Gasteiger partial charge in [-0.2, -0.15) is 49.6 Å². The predicted octanol–water partition coefficient (Wildman–Crippen LogP) is 20.5. The van der Waals surface area contributed by atoms with E-state index in [1.165, 1.54) is 118 Å². The Hall–Kier alpha value is -10.3. The molecule has 5 heterocycles. The van der Waals surface area contributed by atoms with Gasteiger partial charge in [0.15, 0.2) is 5.82 Å². The molecule has 4 aliphatic carbocycles. The van der Waals surface area contributed by atoms with Gasteiger partial charge in [-0.25, -0.2) is 19.6 Å². The summed E-state index contributed by atoms with van der Waals surface area (Å²) in [5.74, 6) is 6.48. The van der Waals surface area contributed by atoms with Crippen molar-refractivity contribution in [3.05, 3.63) is 218 Å². The number of pyridine rings is 3. The molecule has 0 saturated heterocycles. The SMILES string of the molecule is C.CCN(CC1CCCC1)c1nc2ccccc2cc1CN(CC#N)Cc1cc(C)cc(C(F)(F)F)c1.CCN(CC1CCCC1)c1nc2ccccc2cc1CN(Cc1cc(C)cc(C(F)(F)F)c1)Cc1nnnn1C.CCc1cccc2cc(CN(Cc3cc(C)cc(C(F)(F)F)c3)c3nnn(C)n3)c(N(CC3CC3)CC3CC3)nc12. The van der Waals surface area contributed by atoms with E-state index in [1.807, 2.05) is 58.3 Å². The number of rotatable bonds is 30. The molecule has 18 nitrogen and oxygen atoms in total. The van der Waals surface area contributed by atoms with Crippen LogP contribution in [0.25, 0.3) is 32.7 Å². The molecule has 0 aliphatic heterocycles. The lowest BCUT2D eigenvalue weighted by molar-refractivity contribution is -0.138. The molecule has 15 rings (SSSR count). The Morgan fingerprint density at radius 1 is 0.432 bits per heavy atom. The number of alkyl halides is 9. The zero-order valence-electron chi connectivity index (χ0n) is 68.1. The fourth-order valence-electron chi connectivity index (χ4n) is 16.7. The zero-order chi connectivity index (χ0) is 82.7. The highest BCUT2D eigenvalue weighted by molar-refractivity contribution is 5.86. The van der Waals surface area contributed by atoms with Gasteiger partial charge in [0, 0.05) is 118 Å². The van der Waals surface area contributed by atoms with Gasteiger partial charge in [0.05, 0.1) is 59.4 Å². The van der Waals surface area contributed by atoms with Crippen LogP contribution in [0.5, 0.6) is 0 Å². The minimum atomic E-state index is -4.42. The summed E-state index contributed by atoms with van der Waals surface area (Å²) in [5.41, 5.74) is 8.55. The van der Waals surface area contributed by atoms with Crippen LogP contribution >= 0.6 is 0 Å². The maximum atomic E-state index is 13.7. The van der Waals surface area contributed by atoms with E-state index in [-0.39, 0.29) is 27.1 Å². The summed E-state index contributed by atoms with van der Waals surface area (Å²) in [4.78, 5) is 29.9. The maximum Gasteiger partial charge on any atom is 0.416 e. The van der Waals surface area contributed by atoms with Crippen molar-refractivity contribution < 1.29 is 39.5 Å². The number of benzene rings is 6. The lowest BCUT2D eigenvalue weighted by Gasteiger charge is -2.30. The molecule has 0 N–H and O–H groups in total. The summed E-state index contributed by atoms with van der Waals surface area (Å²) in [7, 11) is 3.46. The van der Waals surface area contributed by atoms with E-state index in [9.17, 15) is 44.8 Å². The van der Waals surface area contributed by atoms with Crippen molar-refractivity contribution in [3.8, 4) is 6.07 Å². The largest absolute Gasteiger partial charge is 0.416 e. The summed E-state index contributed by atoms with van der Waals surface area (Å²) in [6.45, 7) is 19.5. The van der Waals surface area contributed by atoms with Crippen LogP contribution in [0, 0.1) is 55.8 Å². The van der Waals surface area contributed by atoms with E-state index in [0.717, 1.165) is 119 Å². The van der Waals surface area contributed by atoms with E-state index in [2.05, 4.69) is 120 Å². The Balaban J connectivity index is 0.000000162. The molecule has 0 unspecified atom stereocenters. The third-order valence-corrected chi connectivity index (χ3v) is 22.7. The van der Waals surface area contributed by atoms with Crippen molar-refractivity contribution in [3.63, 3.8) is 0 Å². The maximum absolute atomic E-state index is 13.7. The fraction of sp³-hybridized carbons (Fsp3) is 0.473. The molecule has 4 saturated carbocycles. The van der Waals surface area contributed by atoms with Crippen molar-refractivity contribution in [2.45, 2.75) is 197 Å². The molecule has 4 aliphatic rings. The molecule has 626 valence electrons. The van der Waals surface area contributed by atoms with Gasteiger partial charge in [0.1, 0.15) is 17.5 Å². The number of aromatic nitrogens is 11. The quantitative estimate of drug-likeness (QED) is 0.0307. The molecule has 0 radical (unpaired) electrons. The molecule has 0 amide bonds. The summed E-state index contributed by atoms with van der Waals surface area (Å²) < 4.78 is 124. The van der Waals surface area contributed by atoms with Crippen LogP contribution in [0.1, 0.15) is 183 Å². The Morgan fingerprint density at radius 2 is 0.864 bits per heavy atom. The lowest BCUT2D eigenvalue weighted by Crippen LogP contribution is -2.32. The van der Waals surface area contributed by atoms with Crippen LogP contribution in [-0.4, -0.2) is 111 Å². The van der Waals surface area contributed by atoms with Crippen molar-refractivity contribution in [2.24, 2.45) is 37.8 Å². The Morgan fingerprint density at radius 3 is 1.31 bits per heavy atom. The summed E-state index contributed by atoms with van der Waals surface area (Å²) in [5, 5.41) is 37.2. The number of aryl methyl sites for hydroxylation is 6. The van der Waals surface area contributed by atoms with Gasteiger partial charge in [0.25, 0.3) is 5.95 Å². The first-order valence-electron chi connectivity index (χ1n) is 41.1. The molecular weight excluding hydrogens is 1520 g/mol. The summed E-state index contributed by atoms with van der Waals surface area (Å²) in [6, 6.07) is 43.6. The third-order valence-electron chi connectivity index (χ3n) is 22.7. The van der Waals surface area contributed by atoms with Crippen molar-refractivity contribution in [1.82, 2.24) is 65.2 Å². The minimum Gasteiger partial charge on any atom is -0.356 e. The first kappa shape index (κ1) is 87.0. The number of anilines is 4. The Kier molecular flexibility index (Phi) is 28.5. The number of hydrogen-bond acceptors (Lipinski definition) is 16. The molecule has 0 bridgehead atoms. The smallest absolute Gasteiger partial charge is 0.356 e. The van der Waals surface area contributed by atoms with E-state index in [4.69, 9.17) is 15.0 Å². The third kappa shape index (κ3) is 23.1. The van der Waals surface area contributed by atoms with Crippen molar-refractivity contribution in [1.29, 1.82) is 5.26 Å². The highest BCUT2D eigenvalue weighted by atomic mass is 19.4. The number of hydrogen-bond donors (Lipinski definition) is 0. The zero-order valence-corrected chi connectivity index (χ0v) is 68.1. The van der Waals surface area contributed by atoms with Crippen molar-refractivity contribution >= 4 is 56.1 Å². The molecule has 118 heavy (non-hydrogen) atoms. The van der Waals surface area contributed by atoms with E-state index in [0.29, 0.717) is 102 Å². The molecule has 27 heteroatoms. The minimum absolute atomic E-state index is 0. The highest BCUT2D eigenvalue weighted by Gasteiger charge is 2.36. The second kappa shape index (κ2) is 38.6. The Labute approximate surface area is 686 Å². The molecule has 0 spiro atoms. The first-order chi connectivity index (χ1) is 56.1. The monoisotopic (exact) mass is 1620 g/mol. The normalized spacial score (nSPS) is 14.7. The predicted molar refractivity (Wildman–Crippen MR) is 447 cm³/mol. The van der Waals surface area contributed by atoms with E-state index in [1.54, 1.807) is 51.7 Å². The van der Waals surface area contributed by atoms with E-state index < -0.39 is 35.2 Å². The Bertz CT molecular complexity index is 5210. The lowest BCUT2D eigenvalue weighted by atomic mass is 10.0. The average molecular weight is 1630 g/mol. The molecule has 4 fully saturated rings. The van der Waals surface area contributed by atoms with Crippen LogP contribution in [0.2, 0.25) is 0 Å². The van der Waals surface area contributed by atoms with Gasteiger partial charge in [-0.1, -0.05) is 135 Å². The molecule has 0 atom stereocenters. The standard InChI is InChI=1S/C31H36F3N7.C30H36F3N7.C29H33F3N4.CH4/c1-4-24-6-5-7-25-15-26(29(35-28(24)25)40(16-21-8-9-21)17-22-10-11-22)19-41(30-36-38-39(3)37-30)18-23-12-20(2)13-27(14-23)31(32,33)34;1-4-40(18-22-9-5-6-10-22)29-25(16-24-11-7-8-12-27(24)34-29)19-39(20-28-35-36-37-38(28)3)17-23-13-21(2)14-26(15-23)30(31,32)33;1-3-36(19-22-8-4-5-9-22)28-25(17-24-10-6-7-11-27(24)34-28)20-35(13-12-33)18-23-14-21(2)15-26(16-23)29(30,31)32;/h5-7,12-15,21-22H,4,8-11,16-19H2,1-3H3;7-8,11-16,22H,4-6,9-10,17-20H2,1-3H3;6-7,10-11,14-17,22H,3-5,8-9,13,18-20H2,1-2H3;1H4. The van der Waals surface area contributed by atoms with Gasteiger partial charge in [-0.15, -0.1) is 10.2 Å².